The van der Waals surface area contributed by atoms with Crippen molar-refractivity contribution < 1.29 is 4.74 Å². The molecule has 0 aliphatic carbocycles. The second-order valence-corrected chi connectivity index (χ2v) is 7.12. The third-order valence-corrected chi connectivity index (χ3v) is 5.07. The SMILES string of the molecule is CN(Cc1cccnc1)c1cc(-c2ccc(N3CCOCC3)nc2)nc(N)c1C#N. The third-order valence-electron chi connectivity index (χ3n) is 5.07. The zero-order chi connectivity index (χ0) is 20.9. The van der Waals surface area contributed by atoms with E-state index in [1.54, 1.807) is 12.4 Å². The first-order valence-corrected chi connectivity index (χ1v) is 9.75. The van der Waals surface area contributed by atoms with Crippen LogP contribution in [0.3, 0.4) is 0 Å². The number of nitrogen functional groups attached to an aromatic ring is 1. The van der Waals surface area contributed by atoms with Crippen LogP contribution >= 0.6 is 0 Å². The average molecular weight is 401 g/mol. The monoisotopic (exact) mass is 401 g/mol. The molecular formula is C22H23N7O. The van der Waals surface area contributed by atoms with Crippen molar-refractivity contribution in [1.82, 2.24) is 15.0 Å². The summed E-state index contributed by atoms with van der Waals surface area (Å²) in [6, 6.07) is 11.9. The maximum atomic E-state index is 9.62. The Labute approximate surface area is 175 Å². The lowest BCUT2D eigenvalue weighted by Gasteiger charge is -2.27. The van der Waals surface area contributed by atoms with E-state index in [9.17, 15) is 5.26 Å². The largest absolute Gasteiger partial charge is 0.383 e. The molecule has 0 amide bonds. The summed E-state index contributed by atoms with van der Waals surface area (Å²) in [6.07, 6.45) is 5.34. The summed E-state index contributed by atoms with van der Waals surface area (Å²) in [4.78, 5) is 17.4. The van der Waals surface area contributed by atoms with Crippen molar-refractivity contribution >= 4 is 17.3 Å². The Hall–Kier alpha value is -3.70. The van der Waals surface area contributed by atoms with Gasteiger partial charge in [-0.25, -0.2) is 9.97 Å². The molecule has 1 aliphatic rings. The lowest BCUT2D eigenvalue weighted by molar-refractivity contribution is 0.122. The van der Waals surface area contributed by atoms with Gasteiger partial charge in [0.05, 0.1) is 24.6 Å². The van der Waals surface area contributed by atoms with Crippen molar-refractivity contribution in [3.63, 3.8) is 0 Å². The van der Waals surface area contributed by atoms with E-state index in [0.717, 1.165) is 35.7 Å². The molecule has 0 unspecified atom stereocenters. The highest BCUT2D eigenvalue weighted by Crippen LogP contribution is 2.30. The van der Waals surface area contributed by atoms with E-state index in [4.69, 9.17) is 10.5 Å². The second-order valence-electron chi connectivity index (χ2n) is 7.12. The van der Waals surface area contributed by atoms with Crippen LogP contribution < -0.4 is 15.5 Å². The Balaban J connectivity index is 1.63. The first-order valence-electron chi connectivity index (χ1n) is 9.75. The average Bonchev–Trinajstić information content (AvgIpc) is 2.80. The van der Waals surface area contributed by atoms with Crippen molar-refractivity contribution in [2.45, 2.75) is 6.54 Å². The summed E-state index contributed by atoms with van der Waals surface area (Å²) in [5.41, 5.74) is 9.79. The number of anilines is 3. The molecule has 8 nitrogen and oxygen atoms in total. The molecular weight excluding hydrogens is 378 g/mol. The van der Waals surface area contributed by atoms with Gasteiger partial charge < -0.3 is 20.3 Å². The van der Waals surface area contributed by atoms with E-state index in [1.807, 2.05) is 48.5 Å². The summed E-state index contributed by atoms with van der Waals surface area (Å²) in [5, 5.41) is 9.62. The van der Waals surface area contributed by atoms with Gasteiger partial charge in [0, 0.05) is 50.8 Å². The summed E-state index contributed by atoms with van der Waals surface area (Å²) in [5.74, 6) is 1.12. The van der Waals surface area contributed by atoms with Crippen LogP contribution in [0.1, 0.15) is 11.1 Å². The van der Waals surface area contributed by atoms with Crippen molar-refractivity contribution in [1.29, 1.82) is 5.26 Å². The minimum atomic E-state index is 0.209. The molecule has 0 bridgehead atoms. The predicted molar refractivity (Wildman–Crippen MR) is 116 cm³/mol. The fourth-order valence-electron chi connectivity index (χ4n) is 3.48. The van der Waals surface area contributed by atoms with Crippen LogP contribution in [0.5, 0.6) is 0 Å². The number of pyridine rings is 3. The van der Waals surface area contributed by atoms with Crippen molar-refractivity contribution in [3.8, 4) is 17.3 Å². The molecule has 0 radical (unpaired) electrons. The Morgan fingerprint density at radius 3 is 2.73 bits per heavy atom. The van der Waals surface area contributed by atoms with Gasteiger partial charge in [-0.15, -0.1) is 0 Å². The quantitative estimate of drug-likeness (QED) is 0.695. The Morgan fingerprint density at radius 1 is 1.23 bits per heavy atom. The zero-order valence-electron chi connectivity index (χ0n) is 16.8. The van der Waals surface area contributed by atoms with E-state index < -0.39 is 0 Å². The molecule has 1 saturated heterocycles. The van der Waals surface area contributed by atoms with Crippen LogP contribution in [0.15, 0.2) is 48.9 Å². The topological polar surface area (TPSA) is 104 Å². The molecule has 3 aromatic heterocycles. The van der Waals surface area contributed by atoms with E-state index in [2.05, 4.69) is 25.9 Å². The predicted octanol–water partition coefficient (Wildman–Crippen LogP) is 2.47. The fraction of sp³-hybridized carbons (Fsp3) is 0.273. The lowest BCUT2D eigenvalue weighted by Crippen LogP contribution is -2.36. The van der Waals surface area contributed by atoms with Gasteiger partial charge in [-0.3, -0.25) is 4.98 Å². The highest BCUT2D eigenvalue weighted by atomic mass is 16.5. The van der Waals surface area contributed by atoms with Crippen LogP contribution in [0.25, 0.3) is 11.3 Å². The van der Waals surface area contributed by atoms with Crippen molar-refractivity contribution in [2.75, 3.05) is 48.9 Å². The normalized spacial score (nSPS) is 13.7. The van der Waals surface area contributed by atoms with Crippen LogP contribution in [-0.2, 0) is 11.3 Å². The maximum Gasteiger partial charge on any atom is 0.144 e. The van der Waals surface area contributed by atoms with E-state index in [1.165, 1.54) is 0 Å². The second kappa shape index (κ2) is 8.76. The number of hydrogen-bond acceptors (Lipinski definition) is 8. The summed E-state index contributed by atoms with van der Waals surface area (Å²) < 4.78 is 5.40. The highest BCUT2D eigenvalue weighted by Gasteiger charge is 2.17. The number of aromatic nitrogens is 3. The molecule has 8 heteroatoms. The molecule has 1 aliphatic heterocycles. The van der Waals surface area contributed by atoms with Gasteiger partial charge in [0.15, 0.2) is 0 Å². The summed E-state index contributed by atoms with van der Waals surface area (Å²) in [7, 11) is 1.92. The van der Waals surface area contributed by atoms with E-state index in [-0.39, 0.29) is 5.82 Å². The van der Waals surface area contributed by atoms with Gasteiger partial charge >= 0.3 is 0 Å². The number of nitrogens with zero attached hydrogens (tertiary/aromatic N) is 6. The number of hydrogen-bond donors (Lipinski definition) is 1. The molecule has 0 spiro atoms. The number of rotatable bonds is 5. The Kier molecular flexibility index (Phi) is 5.72. The Bertz CT molecular complexity index is 1040. The molecule has 1 fully saturated rings. The third kappa shape index (κ3) is 4.16. The number of ether oxygens (including phenoxy) is 1. The molecule has 4 rings (SSSR count). The molecule has 3 aromatic rings. The van der Waals surface area contributed by atoms with Crippen LogP contribution in [0.2, 0.25) is 0 Å². The maximum absolute atomic E-state index is 9.62. The smallest absolute Gasteiger partial charge is 0.144 e. The molecule has 30 heavy (non-hydrogen) atoms. The molecule has 152 valence electrons. The number of nitrogens with two attached hydrogens (primary N) is 1. The molecule has 0 aromatic carbocycles. The minimum absolute atomic E-state index is 0.209. The van der Waals surface area contributed by atoms with E-state index in [0.29, 0.717) is 31.0 Å². The Morgan fingerprint density at radius 2 is 2.07 bits per heavy atom. The standard InChI is InChI=1S/C22H23N7O/c1-28(15-16-3-2-6-25-13-16)20-11-19(27-22(24)18(20)12-23)17-4-5-21(26-14-17)29-7-9-30-10-8-29/h2-6,11,13-14H,7-10,15H2,1H3,(H2,24,27). The first kappa shape index (κ1) is 19.6. The fourth-order valence-corrected chi connectivity index (χ4v) is 3.48. The molecule has 2 N–H and O–H groups in total. The molecule has 0 atom stereocenters. The number of nitriles is 1. The molecule has 4 heterocycles. The van der Waals surface area contributed by atoms with E-state index >= 15 is 0 Å². The van der Waals surface area contributed by atoms with Crippen LogP contribution in [-0.4, -0.2) is 48.3 Å². The summed E-state index contributed by atoms with van der Waals surface area (Å²) >= 11 is 0. The van der Waals surface area contributed by atoms with Gasteiger partial charge in [-0.05, 0) is 29.8 Å². The van der Waals surface area contributed by atoms with Gasteiger partial charge in [-0.2, -0.15) is 5.26 Å². The van der Waals surface area contributed by atoms with Gasteiger partial charge in [0.25, 0.3) is 0 Å². The molecule has 0 saturated carbocycles. The van der Waals surface area contributed by atoms with Crippen LogP contribution in [0, 0.1) is 11.3 Å². The summed E-state index contributed by atoms with van der Waals surface area (Å²) in [6.45, 7) is 3.68. The minimum Gasteiger partial charge on any atom is -0.383 e. The van der Waals surface area contributed by atoms with Crippen molar-refractivity contribution in [2.24, 2.45) is 0 Å². The van der Waals surface area contributed by atoms with Gasteiger partial charge in [0.1, 0.15) is 23.3 Å². The zero-order valence-corrected chi connectivity index (χ0v) is 16.8. The first-order chi connectivity index (χ1) is 14.7. The number of morpholine rings is 1. The van der Waals surface area contributed by atoms with Gasteiger partial charge in [0.2, 0.25) is 0 Å². The van der Waals surface area contributed by atoms with Crippen molar-refractivity contribution in [3.05, 3.63) is 60.0 Å². The van der Waals surface area contributed by atoms with Gasteiger partial charge in [-0.1, -0.05) is 6.07 Å². The highest BCUT2D eigenvalue weighted by molar-refractivity contribution is 5.75. The van der Waals surface area contributed by atoms with Crippen LogP contribution in [0.4, 0.5) is 17.3 Å². The lowest BCUT2D eigenvalue weighted by atomic mass is 10.1.